The second-order valence-electron chi connectivity index (χ2n) is 6.59. The highest BCUT2D eigenvalue weighted by molar-refractivity contribution is 5.95. The monoisotopic (exact) mass is 360 g/mol. The molecule has 3 rings (SSSR count). The van der Waals surface area contributed by atoms with E-state index < -0.39 is 0 Å². The Morgan fingerprint density at radius 3 is 2.48 bits per heavy atom. The maximum absolute atomic E-state index is 12.7. The highest BCUT2D eigenvalue weighted by atomic mass is 16.5. The number of rotatable bonds is 6. The SMILES string of the molecule is Cc1cccc(OCCN(C)C(=O)c2ccc(-c3ccccc3)nc2C)c1. The predicted octanol–water partition coefficient (Wildman–Crippen LogP) is 4.52. The molecular weight excluding hydrogens is 336 g/mol. The standard InChI is InChI=1S/C23H24N2O2/c1-17-8-7-11-20(16-17)27-15-14-25(3)23(26)21-12-13-22(24-18(21)2)19-9-5-4-6-10-19/h4-13,16H,14-15H2,1-3H3. The predicted molar refractivity (Wildman–Crippen MR) is 108 cm³/mol. The minimum atomic E-state index is -0.0487. The zero-order chi connectivity index (χ0) is 19.2. The van der Waals surface area contributed by atoms with Crippen LogP contribution in [-0.2, 0) is 0 Å². The van der Waals surface area contributed by atoms with Gasteiger partial charge in [0.25, 0.3) is 5.91 Å². The number of amides is 1. The van der Waals surface area contributed by atoms with Crippen LogP contribution in [0.5, 0.6) is 5.75 Å². The van der Waals surface area contributed by atoms with Crippen molar-refractivity contribution >= 4 is 5.91 Å². The van der Waals surface area contributed by atoms with Gasteiger partial charge in [-0.05, 0) is 43.7 Å². The molecule has 0 N–H and O–H groups in total. The van der Waals surface area contributed by atoms with Crippen LogP contribution < -0.4 is 4.74 Å². The summed E-state index contributed by atoms with van der Waals surface area (Å²) in [4.78, 5) is 19.0. The van der Waals surface area contributed by atoms with Gasteiger partial charge in [-0.25, -0.2) is 0 Å². The first-order valence-corrected chi connectivity index (χ1v) is 9.02. The lowest BCUT2D eigenvalue weighted by Gasteiger charge is -2.19. The van der Waals surface area contributed by atoms with Crippen molar-refractivity contribution in [3.8, 4) is 17.0 Å². The van der Waals surface area contributed by atoms with Gasteiger partial charge in [-0.3, -0.25) is 9.78 Å². The van der Waals surface area contributed by atoms with Gasteiger partial charge < -0.3 is 9.64 Å². The van der Waals surface area contributed by atoms with E-state index in [1.54, 1.807) is 11.9 Å². The molecule has 0 fully saturated rings. The minimum Gasteiger partial charge on any atom is -0.492 e. The van der Waals surface area contributed by atoms with Crippen LogP contribution in [0.1, 0.15) is 21.6 Å². The summed E-state index contributed by atoms with van der Waals surface area (Å²) < 4.78 is 5.74. The highest BCUT2D eigenvalue weighted by Crippen LogP contribution is 2.19. The Morgan fingerprint density at radius 1 is 1.00 bits per heavy atom. The van der Waals surface area contributed by atoms with E-state index in [1.165, 1.54) is 0 Å². The molecule has 0 saturated carbocycles. The summed E-state index contributed by atoms with van der Waals surface area (Å²) in [5, 5.41) is 0. The summed E-state index contributed by atoms with van der Waals surface area (Å²) in [7, 11) is 1.78. The molecule has 0 aliphatic heterocycles. The van der Waals surface area contributed by atoms with Crippen LogP contribution in [-0.4, -0.2) is 36.0 Å². The molecule has 0 radical (unpaired) electrons. The van der Waals surface area contributed by atoms with E-state index in [0.29, 0.717) is 18.7 Å². The van der Waals surface area contributed by atoms with Crippen LogP contribution in [0, 0.1) is 13.8 Å². The highest BCUT2D eigenvalue weighted by Gasteiger charge is 2.15. The summed E-state index contributed by atoms with van der Waals surface area (Å²) in [5.74, 6) is 0.772. The molecule has 4 heteroatoms. The number of aromatic nitrogens is 1. The molecule has 2 aromatic carbocycles. The topological polar surface area (TPSA) is 42.4 Å². The Labute approximate surface area is 160 Å². The van der Waals surface area contributed by atoms with Gasteiger partial charge in [0.15, 0.2) is 0 Å². The van der Waals surface area contributed by atoms with Gasteiger partial charge >= 0.3 is 0 Å². The lowest BCUT2D eigenvalue weighted by molar-refractivity contribution is 0.0772. The summed E-state index contributed by atoms with van der Waals surface area (Å²) >= 11 is 0. The van der Waals surface area contributed by atoms with Crippen LogP contribution in [0.25, 0.3) is 11.3 Å². The average molecular weight is 360 g/mol. The average Bonchev–Trinajstić information content (AvgIpc) is 2.68. The number of carbonyl (C=O) groups excluding carboxylic acids is 1. The third-order valence-corrected chi connectivity index (χ3v) is 4.42. The molecular formula is C23H24N2O2. The second-order valence-corrected chi connectivity index (χ2v) is 6.59. The van der Waals surface area contributed by atoms with Crippen LogP contribution in [0.2, 0.25) is 0 Å². The molecule has 0 atom stereocenters. The molecule has 4 nitrogen and oxygen atoms in total. The Morgan fingerprint density at radius 2 is 1.78 bits per heavy atom. The fourth-order valence-corrected chi connectivity index (χ4v) is 2.87. The molecule has 0 aliphatic carbocycles. The van der Waals surface area contributed by atoms with Crippen molar-refractivity contribution in [2.24, 2.45) is 0 Å². The zero-order valence-corrected chi connectivity index (χ0v) is 16.0. The summed E-state index contributed by atoms with van der Waals surface area (Å²) in [5.41, 5.74) is 4.41. The first-order valence-electron chi connectivity index (χ1n) is 9.02. The van der Waals surface area contributed by atoms with Gasteiger partial charge in [0.2, 0.25) is 0 Å². The Bertz CT molecular complexity index is 923. The van der Waals surface area contributed by atoms with Crippen LogP contribution >= 0.6 is 0 Å². The molecule has 0 bridgehead atoms. The largest absolute Gasteiger partial charge is 0.492 e. The lowest BCUT2D eigenvalue weighted by Crippen LogP contribution is -2.31. The van der Waals surface area contributed by atoms with E-state index in [4.69, 9.17) is 4.74 Å². The molecule has 27 heavy (non-hydrogen) atoms. The number of hydrogen-bond acceptors (Lipinski definition) is 3. The van der Waals surface area contributed by atoms with E-state index in [2.05, 4.69) is 4.98 Å². The summed E-state index contributed by atoms with van der Waals surface area (Å²) in [6.07, 6.45) is 0. The fourth-order valence-electron chi connectivity index (χ4n) is 2.87. The lowest BCUT2D eigenvalue weighted by atomic mass is 10.1. The normalized spacial score (nSPS) is 10.5. The zero-order valence-electron chi connectivity index (χ0n) is 16.0. The van der Waals surface area contributed by atoms with Gasteiger partial charge in [0.05, 0.1) is 23.5 Å². The molecule has 1 heterocycles. The minimum absolute atomic E-state index is 0.0487. The third-order valence-electron chi connectivity index (χ3n) is 4.42. The first kappa shape index (κ1) is 18.6. The first-order chi connectivity index (χ1) is 13.0. The maximum Gasteiger partial charge on any atom is 0.255 e. The molecule has 0 saturated heterocycles. The summed E-state index contributed by atoms with van der Waals surface area (Å²) in [6, 6.07) is 21.6. The summed E-state index contributed by atoms with van der Waals surface area (Å²) in [6.45, 7) is 4.85. The van der Waals surface area contributed by atoms with Gasteiger partial charge in [-0.1, -0.05) is 42.5 Å². The van der Waals surface area contributed by atoms with E-state index in [9.17, 15) is 4.79 Å². The molecule has 1 amide bonds. The quantitative estimate of drug-likeness (QED) is 0.649. The smallest absolute Gasteiger partial charge is 0.255 e. The number of benzene rings is 2. The van der Waals surface area contributed by atoms with Crippen LogP contribution in [0.4, 0.5) is 0 Å². The number of nitrogens with zero attached hydrogens (tertiary/aromatic N) is 2. The van der Waals surface area contributed by atoms with E-state index in [-0.39, 0.29) is 5.91 Å². The van der Waals surface area contributed by atoms with Gasteiger partial charge in [-0.15, -0.1) is 0 Å². The Hall–Kier alpha value is -3.14. The number of carbonyl (C=O) groups is 1. The molecule has 0 spiro atoms. The van der Waals surface area contributed by atoms with Gasteiger partial charge in [-0.2, -0.15) is 0 Å². The van der Waals surface area contributed by atoms with Crippen LogP contribution in [0.15, 0.2) is 66.7 Å². The fraction of sp³-hybridized carbons (Fsp3) is 0.217. The number of ether oxygens (including phenoxy) is 1. The number of pyridine rings is 1. The second kappa shape index (κ2) is 8.49. The van der Waals surface area contributed by atoms with Crippen molar-refractivity contribution in [3.05, 3.63) is 83.6 Å². The van der Waals surface area contributed by atoms with E-state index in [0.717, 1.165) is 28.3 Å². The van der Waals surface area contributed by atoms with Gasteiger partial charge in [0.1, 0.15) is 12.4 Å². The molecule has 138 valence electrons. The van der Waals surface area contributed by atoms with Crippen molar-refractivity contribution in [3.63, 3.8) is 0 Å². The Kier molecular flexibility index (Phi) is 5.87. The molecule has 0 aliphatic rings. The van der Waals surface area contributed by atoms with Crippen molar-refractivity contribution in [1.82, 2.24) is 9.88 Å². The van der Waals surface area contributed by atoms with Gasteiger partial charge in [0, 0.05) is 12.6 Å². The molecule has 3 aromatic rings. The van der Waals surface area contributed by atoms with Crippen molar-refractivity contribution < 1.29 is 9.53 Å². The number of likely N-dealkylation sites (N-methyl/N-ethyl adjacent to an activating group) is 1. The van der Waals surface area contributed by atoms with Crippen molar-refractivity contribution in [2.75, 3.05) is 20.2 Å². The molecule has 1 aromatic heterocycles. The number of aryl methyl sites for hydroxylation is 2. The van der Waals surface area contributed by atoms with E-state index >= 15 is 0 Å². The van der Waals surface area contributed by atoms with E-state index in [1.807, 2.05) is 80.6 Å². The third kappa shape index (κ3) is 4.73. The maximum atomic E-state index is 12.7. The number of hydrogen-bond donors (Lipinski definition) is 0. The van der Waals surface area contributed by atoms with Crippen LogP contribution in [0.3, 0.4) is 0 Å². The van der Waals surface area contributed by atoms with Crippen molar-refractivity contribution in [1.29, 1.82) is 0 Å². The van der Waals surface area contributed by atoms with Crippen molar-refractivity contribution in [2.45, 2.75) is 13.8 Å². The Balaban J connectivity index is 1.62. The molecule has 0 unspecified atom stereocenters.